The van der Waals surface area contributed by atoms with Gasteiger partial charge >= 0.3 is 0 Å². The quantitative estimate of drug-likeness (QED) is 0.746. The Hall–Kier alpha value is -1.57. The molecule has 2 aromatic rings. The molecule has 2 fully saturated rings. The summed E-state index contributed by atoms with van der Waals surface area (Å²) in [5.41, 5.74) is 2.38. The summed E-state index contributed by atoms with van der Waals surface area (Å²) in [6, 6.07) is 1.82. The van der Waals surface area contributed by atoms with E-state index in [0.29, 0.717) is 6.54 Å². The van der Waals surface area contributed by atoms with Crippen LogP contribution < -0.4 is 5.56 Å². The van der Waals surface area contributed by atoms with Crippen LogP contribution >= 0.6 is 11.3 Å². The van der Waals surface area contributed by atoms with Gasteiger partial charge in [-0.3, -0.25) is 14.6 Å². The molecule has 3 aliphatic rings. The fourth-order valence-corrected chi connectivity index (χ4v) is 5.43. The monoisotopic (exact) mass is 399 g/mol. The summed E-state index contributed by atoms with van der Waals surface area (Å²) >= 11 is 1.91. The van der Waals surface area contributed by atoms with Gasteiger partial charge in [0.1, 0.15) is 0 Å². The molecule has 0 aromatic carbocycles. The van der Waals surface area contributed by atoms with E-state index in [1.165, 1.54) is 41.1 Å². The third kappa shape index (κ3) is 4.21. The number of hydrogen-bond donors (Lipinski definition) is 0. The third-order valence-corrected chi connectivity index (χ3v) is 7.39. The first-order valence-electron chi connectivity index (χ1n) is 10.7. The molecule has 2 aromatic heterocycles. The molecule has 1 saturated carbocycles. The van der Waals surface area contributed by atoms with E-state index in [2.05, 4.69) is 26.1 Å². The van der Waals surface area contributed by atoms with Crippen LogP contribution in [-0.4, -0.2) is 57.3 Å². The molecule has 0 amide bonds. The lowest BCUT2D eigenvalue weighted by Crippen LogP contribution is -2.47. The van der Waals surface area contributed by atoms with Crippen LogP contribution in [0.15, 0.2) is 17.1 Å². The van der Waals surface area contributed by atoms with E-state index < -0.39 is 0 Å². The summed E-state index contributed by atoms with van der Waals surface area (Å²) in [7, 11) is 0. The van der Waals surface area contributed by atoms with Crippen LogP contribution in [0.2, 0.25) is 0 Å². The number of fused-ring (bicyclic) bond motifs is 1. The predicted octanol–water partition coefficient (Wildman–Crippen LogP) is 2.27. The van der Waals surface area contributed by atoms with E-state index in [1.807, 2.05) is 17.4 Å². The Balaban J connectivity index is 1.11. The van der Waals surface area contributed by atoms with E-state index in [1.54, 1.807) is 4.68 Å². The Labute approximate surface area is 170 Å². The maximum absolute atomic E-state index is 12.3. The van der Waals surface area contributed by atoms with Gasteiger partial charge in [-0.2, -0.15) is 5.10 Å². The minimum absolute atomic E-state index is 0.0657. The van der Waals surface area contributed by atoms with Crippen molar-refractivity contribution in [3.05, 3.63) is 43.8 Å². The van der Waals surface area contributed by atoms with Gasteiger partial charge in [-0.1, -0.05) is 0 Å². The third-order valence-electron chi connectivity index (χ3n) is 6.24. The summed E-state index contributed by atoms with van der Waals surface area (Å²) < 4.78 is 1.69. The lowest BCUT2D eigenvalue weighted by molar-refractivity contribution is 0.123. The summed E-state index contributed by atoms with van der Waals surface area (Å²) in [6.45, 7) is 6.94. The van der Waals surface area contributed by atoms with Crippen molar-refractivity contribution < 1.29 is 0 Å². The van der Waals surface area contributed by atoms with Gasteiger partial charge in [0.15, 0.2) is 0 Å². The van der Waals surface area contributed by atoms with Crippen molar-refractivity contribution in [1.82, 2.24) is 24.6 Å². The van der Waals surface area contributed by atoms with E-state index in [9.17, 15) is 4.79 Å². The molecule has 6 nitrogen and oxygen atoms in total. The molecule has 1 aliphatic heterocycles. The number of nitrogens with zero attached hydrogens (tertiary/aromatic N) is 5. The van der Waals surface area contributed by atoms with Gasteiger partial charge in [-0.25, -0.2) is 9.67 Å². The number of aromatic nitrogens is 3. The van der Waals surface area contributed by atoms with Gasteiger partial charge in [-0.15, -0.1) is 11.3 Å². The van der Waals surface area contributed by atoms with Gasteiger partial charge in [0.2, 0.25) is 0 Å². The normalized spacial score (nSPS) is 21.0. The number of piperazine rings is 1. The molecule has 0 spiro atoms. The minimum atomic E-state index is 0.0657. The van der Waals surface area contributed by atoms with Gasteiger partial charge in [-0.05, 0) is 44.1 Å². The summed E-state index contributed by atoms with van der Waals surface area (Å²) in [5, 5.41) is 6.00. The number of rotatable bonds is 6. The van der Waals surface area contributed by atoms with Crippen molar-refractivity contribution in [2.24, 2.45) is 0 Å². The highest BCUT2D eigenvalue weighted by atomic mass is 32.1. The molecular weight excluding hydrogens is 370 g/mol. The highest BCUT2D eigenvalue weighted by molar-refractivity contribution is 7.11. The Kier molecular flexibility index (Phi) is 5.30. The van der Waals surface area contributed by atoms with Crippen molar-refractivity contribution in [2.75, 3.05) is 32.7 Å². The molecule has 0 N–H and O–H groups in total. The average Bonchev–Trinajstić information content (AvgIpc) is 3.47. The van der Waals surface area contributed by atoms with Crippen LogP contribution in [0.25, 0.3) is 0 Å². The minimum Gasteiger partial charge on any atom is -0.299 e. The van der Waals surface area contributed by atoms with Gasteiger partial charge < -0.3 is 0 Å². The molecular formula is C21H29N5OS. The van der Waals surface area contributed by atoms with Crippen molar-refractivity contribution in [3.63, 3.8) is 0 Å². The largest absolute Gasteiger partial charge is 0.299 e. The molecule has 3 heterocycles. The van der Waals surface area contributed by atoms with Gasteiger partial charge in [0, 0.05) is 62.3 Å². The van der Waals surface area contributed by atoms with Crippen molar-refractivity contribution in [1.29, 1.82) is 0 Å². The molecule has 7 heteroatoms. The topological polar surface area (TPSA) is 54.3 Å². The Morgan fingerprint density at radius 1 is 1.04 bits per heavy atom. The molecule has 5 rings (SSSR count). The highest BCUT2D eigenvalue weighted by Gasteiger charge is 2.27. The van der Waals surface area contributed by atoms with Crippen LogP contribution in [0.3, 0.4) is 0 Å². The van der Waals surface area contributed by atoms with Crippen molar-refractivity contribution in [2.45, 2.75) is 57.5 Å². The molecule has 1 saturated heterocycles. The van der Waals surface area contributed by atoms with Crippen LogP contribution in [0.4, 0.5) is 0 Å². The molecule has 0 radical (unpaired) electrons. The standard InChI is InChI=1S/C21H29N5OS/c27-20-13-17-3-1-2-4-19(17)23-26(20)12-11-24-7-9-25(10-8-24)15-18-14-22-21(28-18)16-5-6-16/h13-14,16H,1-12,15H2. The lowest BCUT2D eigenvalue weighted by atomic mass is 9.97. The second-order valence-electron chi connectivity index (χ2n) is 8.44. The first kappa shape index (κ1) is 18.5. The van der Waals surface area contributed by atoms with Gasteiger partial charge in [0.05, 0.1) is 17.2 Å². The summed E-state index contributed by atoms with van der Waals surface area (Å²) in [4.78, 5) is 23.3. The zero-order valence-corrected chi connectivity index (χ0v) is 17.3. The lowest BCUT2D eigenvalue weighted by Gasteiger charge is -2.34. The SMILES string of the molecule is O=c1cc2c(nn1CCN1CCN(Cc3cnc(C4CC4)s3)CC1)CCCC2. The predicted molar refractivity (Wildman–Crippen MR) is 111 cm³/mol. The Morgan fingerprint density at radius 2 is 1.82 bits per heavy atom. The fourth-order valence-electron chi connectivity index (χ4n) is 4.30. The number of aryl methyl sites for hydroxylation is 2. The maximum Gasteiger partial charge on any atom is 0.267 e. The molecule has 2 aliphatic carbocycles. The van der Waals surface area contributed by atoms with E-state index in [0.717, 1.165) is 63.7 Å². The maximum atomic E-state index is 12.3. The van der Waals surface area contributed by atoms with Crippen LogP contribution in [-0.2, 0) is 25.9 Å². The first-order valence-corrected chi connectivity index (χ1v) is 11.6. The number of thiazole rings is 1. The molecule has 150 valence electrons. The Morgan fingerprint density at radius 3 is 2.64 bits per heavy atom. The van der Waals surface area contributed by atoms with Crippen LogP contribution in [0.5, 0.6) is 0 Å². The van der Waals surface area contributed by atoms with Crippen molar-refractivity contribution in [3.8, 4) is 0 Å². The number of hydrogen-bond acceptors (Lipinski definition) is 6. The first-order chi connectivity index (χ1) is 13.7. The molecule has 0 atom stereocenters. The molecule has 28 heavy (non-hydrogen) atoms. The van der Waals surface area contributed by atoms with E-state index in [4.69, 9.17) is 0 Å². The van der Waals surface area contributed by atoms with Gasteiger partial charge in [0.25, 0.3) is 5.56 Å². The zero-order valence-electron chi connectivity index (χ0n) is 16.5. The average molecular weight is 400 g/mol. The Bertz CT molecular complexity index is 879. The smallest absolute Gasteiger partial charge is 0.267 e. The van der Waals surface area contributed by atoms with E-state index >= 15 is 0 Å². The second-order valence-corrected chi connectivity index (χ2v) is 9.59. The summed E-state index contributed by atoms with van der Waals surface area (Å²) in [6.07, 6.45) is 9.16. The second kappa shape index (κ2) is 8.05. The molecule has 0 bridgehead atoms. The summed E-state index contributed by atoms with van der Waals surface area (Å²) in [5.74, 6) is 0.760. The van der Waals surface area contributed by atoms with Crippen LogP contribution in [0.1, 0.15) is 52.7 Å². The zero-order chi connectivity index (χ0) is 18.9. The fraction of sp³-hybridized carbons (Fsp3) is 0.667. The molecule has 0 unspecified atom stereocenters. The van der Waals surface area contributed by atoms with Crippen molar-refractivity contribution >= 4 is 11.3 Å². The van der Waals surface area contributed by atoms with Crippen LogP contribution in [0, 0.1) is 0 Å². The highest BCUT2D eigenvalue weighted by Crippen LogP contribution is 2.41. The van der Waals surface area contributed by atoms with E-state index in [-0.39, 0.29) is 5.56 Å².